The molecule has 0 aromatic carbocycles. The van der Waals surface area contributed by atoms with Gasteiger partial charge in [0.25, 0.3) is 0 Å². The molecule has 0 aliphatic heterocycles. The number of ether oxygens (including phenoxy) is 4. The summed E-state index contributed by atoms with van der Waals surface area (Å²) < 4.78 is 68.9. The molecule has 0 amide bonds. The molecule has 0 aliphatic rings. The second-order valence-corrected chi connectivity index (χ2v) is 35.1. The smallest absolute Gasteiger partial charge is 0.462 e. The van der Waals surface area contributed by atoms with E-state index in [1.165, 1.54) is 270 Å². The van der Waals surface area contributed by atoms with Gasteiger partial charge in [0.05, 0.1) is 26.4 Å². The largest absolute Gasteiger partial charge is 0.472 e. The summed E-state index contributed by atoms with van der Waals surface area (Å²) >= 11 is 0. The molecule has 0 saturated carbocycles. The highest BCUT2D eigenvalue weighted by Crippen LogP contribution is 2.45. The van der Waals surface area contributed by atoms with Crippen LogP contribution < -0.4 is 0 Å². The Kier molecular flexibility index (Phi) is 75.6. The third-order valence-electron chi connectivity index (χ3n) is 21.1. The number of carbonyl (C=O) groups excluding carboxylic acids is 4. The van der Waals surface area contributed by atoms with E-state index in [1.807, 2.05) is 0 Å². The normalized spacial score (nSPS) is 14.4. The van der Waals surface area contributed by atoms with Crippen molar-refractivity contribution >= 4 is 39.5 Å². The van der Waals surface area contributed by atoms with E-state index in [0.29, 0.717) is 25.7 Å². The van der Waals surface area contributed by atoms with E-state index in [-0.39, 0.29) is 25.7 Å². The monoisotopic (exact) mass is 1550 g/mol. The molecule has 0 bridgehead atoms. The number of unbranched alkanes of at least 4 members (excludes halogenated alkanes) is 51. The van der Waals surface area contributed by atoms with Crippen molar-refractivity contribution in [2.45, 2.75) is 478 Å². The summed E-state index contributed by atoms with van der Waals surface area (Å²) in [4.78, 5) is 73.3. The van der Waals surface area contributed by atoms with Crippen molar-refractivity contribution in [2.75, 3.05) is 39.6 Å². The van der Waals surface area contributed by atoms with Gasteiger partial charge in [0.1, 0.15) is 19.3 Å². The number of aliphatic hydroxyl groups is 1. The maximum absolute atomic E-state index is 13.2. The van der Waals surface area contributed by atoms with Gasteiger partial charge in [-0.1, -0.05) is 408 Å². The quantitative estimate of drug-likeness (QED) is 0.0222. The Hall–Kier alpha value is -1.94. The van der Waals surface area contributed by atoms with Crippen molar-refractivity contribution in [3.63, 3.8) is 0 Å². The number of aliphatic hydroxyl groups excluding tert-OH is 1. The van der Waals surface area contributed by atoms with Gasteiger partial charge in [-0.2, -0.15) is 0 Å². The molecule has 106 heavy (non-hydrogen) atoms. The van der Waals surface area contributed by atoms with Crippen LogP contribution in [0.1, 0.15) is 459 Å². The van der Waals surface area contributed by atoms with E-state index in [0.717, 1.165) is 108 Å². The van der Waals surface area contributed by atoms with Crippen molar-refractivity contribution in [3.05, 3.63) is 0 Å². The lowest BCUT2D eigenvalue weighted by atomic mass is 9.99. The average Bonchev–Trinajstić information content (AvgIpc) is 0.902. The van der Waals surface area contributed by atoms with E-state index >= 15 is 0 Å². The average molecular weight is 1550 g/mol. The molecule has 0 saturated heterocycles. The van der Waals surface area contributed by atoms with Gasteiger partial charge in [0, 0.05) is 25.7 Å². The molecule has 0 aromatic rings. The van der Waals surface area contributed by atoms with Gasteiger partial charge in [-0.05, 0) is 43.4 Å². The topological polar surface area (TPSA) is 237 Å². The Labute approximate surface area is 651 Å². The Morgan fingerprint density at radius 1 is 0.274 bits per heavy atom. The molecule has 0 aliphatic carbocycles. The second kappa shape index (κ2) is 77.0. The fourth-order valence-electron chi connectivity index (χ4n) is 13.5. The highest BCUT2D eigenvalue weighted by atomic mass is 31.2. The summed E-state index contributed by atoms with van der Waals surface area (Å²) in [5.41, 5.74) is 0. The van der Waals surface area contributed by atoms with Crippen molar-refractivity contribution in [3.8, 4) is 0 Å². The first-order valence-electron chi connectivity index (χ1n) is 44.9. The Bertz CT molecular complexity index is 2050. The van der Waals surface area contributed by atoms with Gasteiger partial charge < -0.3 is 33.8 Å². The fraction of sp³-hybridized carbons (Fsp3) is 0.954. The van der Waals surface area contributed by atoms with E-state index in [9.17, 15) is 43.2 Å². The van der Waals surface area contributed by atoms with Gasteiger partial charge in [0.15, 0.2) is 12.2 Å². The number of phosphoric acid groups is 2. The van der Waals surface area contributed by atoms with Crippen LogP contribution in [0, 0.1) is 17.8 Å². The summed E-state index contributed by atoms with van der Waals surface area (Å²) in [6.07, 6.45) is 67.8. The summed E-state index contributed by atoms with van der Waals surface area (Å²) in [5.74, 6) is 0.378. The molecule has 3 N–H and O–H groups in total. The number of carbonyl (C=O) groups is 4. The van der Waals surface area contributed by atoms with Crippen LogP contribution in [0.5, 0.6) is 0 Å². The molecular weight excluding hydrogens is 1380 g/mol. The highest BCUT2D eigenvalue weighted by molar-refractivity contribution is 7.47. The van der Waals surface area contributed by atoms with Gasteiger partial charge >= 0.3 is 39.5 Å². The lowest BCUT2D eigenvalue weighted by Gasteiger charge is -2.21. The SMILES string of the molecule is CCCCCCCCCCCCCCC(=O)OC[C@H](COP(=O)(O)OC[C@H](O)COP(=O)(O)OC[C@@H](COC(=O)CCCCCCCCCCCCCCCCCC(C)C)OC(=O)CCCCCCCCCCCCCCCCCCCCC(C)CC)OC(=O)CCCCCCCCCCCCC(C)CC. The van der Waals surface area contributed by atoms with Crippen molar-refractivity contribution in [1.82, 2.24) is 0 Å². The number of hydrogen-bond acceptors (Lipinski definition) is 15. The lowest BCUT2D eigenvalue weighted by molar-refractivity contribution is -0.161. The third-order valence-corrected chi connectivity index (χ3v) is 23.0. The molecular formula is C87H170O17P2. The summed E-state index contributed by atoms with van der Waals surface area (Å²) in [7, 11) is -9.93. The molecule has 630 valence electrons. The highest BCUT2D eigenvalue weighted by Gasteiger charge is 2.31. The third kappa shape index (κ3) is 77.4. The standard InChI is InChI=1S/C87H170O17P2/c1-8-11-12-13-14-15-16-32-40-47-54-61-68-84(89)97-75-83(104-87(92)71-64-57-50-43-36-35-39-46-53-60-67-80(7)10-3)77-102-106(95,96)100-73-81(88)72-99-105(93,94)101-76-82(74-98-85(90)69-62-55-48-41-33-28-25-21-22-26-30-37-44-51-58-65-78(4)5)103-86(91)70-63-56-49-42-34-29-24-20-18-17-19-23-27-31-38-45-52-59-66-79(6)9-2/h78-83,88H,8-77H2,1-7H3,(H,93,94)(H,95,96)/t79?,80?,81-,82-,83-/m1/s1. The zero-order chi connectivity index (χ0) is 77.9. The van der Waals surface area contributed by atoms with Crippen LogP contribution in [-0.2, 0) is 65.4 Å². The van der Waals surface area contributed by atoms with Crippen LogP contribution in [0.15, 0.2) is 0 Å². The van der Waals surface area contributed by atoms with Crippen LogP contribution in [0.25, 0.3) is 0 Å². The van der Waals surface area contributed by atoms with Crippen LogP contribution in [-0.4, -0.2) is 96.7 Å². The first-order chi connectivity index (χ1) is 51.3. The predicted octanol–water partition coefficient (Wildman–Crippen LogP) is 26.5. The number of hydrogen-bond donors (Lipinski definition) is 3. The Morgan fingerprint density at radius 2 is 0.481 bits per heavy atom. The van der Waals surface area contributed by atoms with E-state index < -0.39 is 97.5 Å². The minimum absolute atomic E-state index is 0.107. The number of esters is 4. The fourth-order valence-corrected chi connectivity index (χ4v) is 15.1. The van der Waals surface area contributed by atoms with Gasteiger partial charge in [-0.25, -0.2) is 9.13 Å². The van der Waals surface area contributed by atoms with Gasteiger partial charge in [-0.3, -0.25) is 37.3 Å². The van der Waals surface area contributed by atoms with Gasteiger partial charge in [-0.15, -0.1) is 0 Å². The summed E-state index contributed by atoms with van der Waals surface area (Å²) in [6, 6.07) is 0. The zero-order valence-corrected chi connectivity index (χ0v) is 71.7. The molecule has 17 nitrogen and oxygen atoms in total. The molecule has 19 heteroatoms. The van der Waals surface area contributed by atoms with Gasteiger partial charge in [0.2, 0.25) is 0 Å². The van der Waals surface area contributed by atoms with Crippen molar-refractivity contribution in [2.24, 2.45) is 17.8 Å². The molecule has 0 radical (unpaired) electrons. The maximum atomic E-state index is 13.2. The van der Waals surface area contributed by atoms with E-state index in [2.05, 4.69) is 48.5 Å². The Balaban J connectivity index is 5.25. The van der Waals surface area contributed by atoms with Crippen molar-refractivity contribution in [1.29, 1.82) is 0 Å². The van der Waals surface area contributed by atoms with Crippen LogP contribution in [0.3, 0.4) is 0 Å². The molecule has 0 spiro atoms. The van der Waals surface area contributed by atoms with Crippen LogP contribution >= 0.6 is 15.6 Å². The Morgan fingerprint density at radius 3 is 0.717 bits per heavy atom. The second-order valence-electron chi connectivity index (χ2n) is 32.2. The minimum Gasteiger partial charge on any atom is -0.462 e. The molecule has 4 unspecified atom stereocenters. The van der Waals surface area contributed by atoms with E-state index in [4.69, 9.17) is 37.0 Å². The summed E-state index contributed by atoms with van der Waals surface area (Å²) in [5, 5.41) is 10.7. The van der Waals surface area contributed by atoms with Crippen molar-refractivity contribution < 1.29 is 80.2 Å². The first kappa shape index (κ1) is 104. The zero-order valence-electron chi connectivity index (χ0n) is 69.9. The molecule has 0 fully saturated rings. The van der Waals surface area contributed by atoms with E-state index in [1.54, 1.807) is 0 Å². The maximum Gasteiger partial charge on any atom is 0.472 e. The number of rotatable bonds is 85. The molecule has 7 atom stereocenters. The predicted molar refractivity (Wildman–Crippen MR) is 437 cm³/mol. The van der Waals surface area contributed by atoms with Crippen LogP contribution in [0.4, 0.5) is 0 Å². The molecule has 0 aromatic heterocycles. The first-order valence-corrected chi connectivity index (χ1v) is 47.9. The van der Waals surface area contributed by atoms with Crippen LogP contribution in [0.2, 0.25) is 0 Å². The lowest BCUT2D eigenvalue weighted by Crippen LogP contribution is -2.30. The minimum atomic E-state index is -4.97. The molecule has 0 rings (SSSR count). The molecule has 0 heterocycles. The summed E-state index contributed by atoms with van der Waals surface area (Å²) in [6.45, 7) is 12.1. The number of phosphoric ester groups is 2.